The highest BCUT2D eigenvalue weighted by atomic mass is 79.9. The maximum Gasteiger partial charge on any atom is 0.224 e. The fraction of sp³-hybridized carbons (Fsp3) is 0.0769. The highest BCUT2D eigenvalue weighted by Gasteiger charge is 2.06. The zero-order chi connectivity index (χ0) is 12.5. The molecule has 0 atom stereocenters. The molecule has 0 saturated heterocycles. The Morgan fingerprint density at radius 1 is 1.28 bits per heavy atom. The summed E-state index contributed by atoms with van der Waals surface area (Å²) >= 11 is 3.48. The van der Waals surface area contributed by atoms with Crippen LogP contribution in [0.2, 0.25) is 0 Å². The maximum atomic E-state index is 4.49. The summed E-state index contributed by atoms with van der Waals surface area (Å²) in [6.07, 6.45) is 3.82. The lowest BCUT2D eigenvalue weighted by atomic mass is 10.3. The van der Waals surface area contributed by atoms with Crippen LogP contribution in [0.25, 0.3) is 16.7 Å². The predicted octanol–water partition coefficient (Wildman–Crippen LogP) is 3.22. The lowest BCUT2D eigenvalue weighted by molar-refractivity contribution is 1.07. The van der Waals surface area contributed by atoms with Crippen LogP contribution in [0.4, 0.5) is 5.95 Å². The van der Waals surface area contributed by atoms with Crippen molar-refractivity contribution < 1.29 is 0 Å². The fourth-order valence-electron chi connectivity index (χ4n) is 1.87. The molecule has 90 valence electrons. The Balaban J connectivity index is 2.22. The van der Waals surface area contributed by atoms with Crippen molar-refractivity contribution in [2.45, 2.75) is 0 Å². The summed E-state index contributed by atoms with van der Waals surface area (Å²) < 4.78 is 3.09. The van der Waals surface area contributed by atoms with Crippen LogP contribution in [0.15, 0.2) is 47.2 Å². The summed E-state index contributed by atoms with van der Waals surface area (Å²) in [6.45, 7) is 0. The lowest BCUT2D eigenvalue weighted by Gasteiger charge is -2.06. The molecule has 5 heteroatoms. The van der Waals surface area contributed by atoms with Crippen molar-refractivity contribution in [3.05, 3.63) is 47.2 Å². The van der Waals surface area contributed by atoms with Crippen molar-refractivity contribution in [3.63, 3.8) is 0 Å². The summed E-state index contributed by atoms with van der Waals surface area (Å²) in [7, 11) is 1.81. The van der Waals surface area contributed by atoms with Gasteiger partial charge in [0.05, 0.1) is 0 Å². The molecule has 2 aromatic heterocycles. The number of benzene rings is 1. The van der Waals surface area contributed by atoms with Gasteiger partial charge in [-0.2, -0.15) is 4.98 Å². The van der Waals surface area contributed by atoms with Gasteiger partial charge in [0.25, 0.3) is 0 Å². The molecule has 0 aliphatic rings. The van der Waals surface area contributed by atoms with Gasteiger partial charge < -0.3 is 9.88 Å². The van der Waals surface area contributed by atoms with Gasteiger partial charge >= 0.3 is 0 Å². The van der Waals surface area contributed by atoms with Crippen LogP contribution in [0, 0.1) is 0 Å². The van der Waals surface area contributed by atoms with E-state index in [0.29, 0.717) is 5.95 Å². The van der Waals surface area contributed by atoms with Gasteiger partial charge in [0, 0.05) is 35.0 Å². The van der Waals surface area contributed by atoms with E-state index in [2.05, 4.69) is 37.3 Å². The molecule has 0 spiro atoms. The lowest BCUT2D eigenvalue weighted by Crippen LogP contribution is -1.99. The Kier molecular flexibility index (Phi) is 2.76. The average molecular weight is 303 g/mol. The summed E-state index contributed by atoms with van der Waals surface area (Å²) in [5.41, 5.74) is 1.97. The van der Waals surface area contributed by atoms with Gasteiger partial charge in [-0.1, -0.05) is 22.0 Å². The zero-order valence-electron chi connectivity index (χ0n) is 9.76. The van der Waals surface area contributed by atoms with Crippen LogP contribution in [0.3, 0.4) is 0 Å². The average Bonchev–Trinajstić information content (AvgIpc) is 2.81. The van der Waals surface area contributed by atoms with Gasteiger partial charge in [0.15, 0.2) is 0 Å². The van der Waals surface area contributed by atoms with Gasteiger partial charge in [-0.3, -0.25) is 0 Å². The van der Waals surface area contributed by atoms with Gasteiger partial charge in [0.2, 0.25) is 5.95 Å². The quantitative estimate of drug-likeness (QED) is 0.790. The highest BCUT2D eigenvalue weighted by Crippen LogP contribution is 2.21. The number of fused-ring (bicyclic) bond motifs is 1. The van der Waals surface area contributed by atoms with Crippen molar-refractivity contribution in [1.29, 1.82) is 0 Å². The topological polar surface area (TPSA) is 42.7 Å². The smallest absolute Gasteiger partial charge is 0.224 e. The molecule has 0 aliphatic carbocycles. The molecule has 18 heavy (non-hydrogen) atoms. The van der Waals surface area contributed by atoms with Gasteiger partial charge in [-0.05, 0) is 24.3 Å². The maximum absolute atomic E-state index is 4.49. The zero-order valence-corrected chi connectivity index (χ0v) is 11.3. The molecule has 0 amide bonds. The van der Waals surface area contributed by atoms with E-state index in [9.17, 15) is 0 Å². The number of hydrogen-bond acceptors (Lipinski definition) is 3. The van der Waals surface area contributed by atoms with Crippen LogP contribution in [0.1, 0.15) is 0 Å². The van der Waals surface area contributed by atoms with Gasteiger partial charge in [-0.25, -0.2) is 4.98 Å². The second-order valence-corrected chi connectivity index (χ2v) is 4.80. The molecule has 1 aromatic carbocycles. The minimum absolute atomic E-state index is 0.623. The van der Waals surface area contributed by atoms with Crippen LogP contribution in [0.5, 0.6) is 0 Å². The molecule has 3 rings (SSSR count). The number of rotatable bonds is 2. The van der Waals surface area contributed by atoms with E-state index >= 15 is 0 Å². The predicted molar refractivity (Wildman–Crippen MR) is 76.1 cm³/mol. The van der Waals surface area contributed by atoms with Gasteiger partial charge in [-0.15, -0.1) is 0 Å². The molecular weight excluding hydrogens is 292 g/mol. The molecule has 4 nitrogen and oxygen atoms in total. The Morgan fingerprint density at radius 3 is 2.94 bits per heavy atom. The molecule has 0 aliphatic heterocycles. The van der Waals surface area contributed by atoms with Crippen LogP contribution >= 0.6 is 15.9 Å². The number of aromatic nitrogens is 3. The first kappa shape index (κ1) is 11.2. The number of nitrogens with one attached hydrogen (secondary N) is 1. The van der Waals surface area contributed by atoms with E-state index in [-0.39, 0.29) is 0 Å². The molecule has 0 fully saturated rings. The minimum atomic E-state index is 0.623. The van der Waals surface area contributed by atoms with E-state index in [4.69, 9.17) is 0 Å². The Hall–Kier alpha value is -1.88. The van der Waals surface area contributed by atoms with Crippen molar-refractivity contribution in [1.82, 2.24) is 14.5 Å². The first-order chi connectivity index (χ1) is 8.78. The van der Waals surface area contributed by atoms with E-state index in [1.807, 2.05) is 48.3 Å². The molecule has 0 radical (unpaired) electrons. The van der Waals surface area contributed by atoms with Gasteiger partial charge in [0.1, 0.15) is 5.65 Å². The van der Waals surface area contributed by atoms with Crippen molar-refractivity contribution in [2.24, 2.45) is 0 Å². The molecular formula is C13H11BrN4. The summed E-state index contributed by atoms with van der Waals surface area (Å²) in [5.74, 6) is 0.623. The fourth-order valence-corrected chi connectivity index (χ4v) is 2.26. The van der Waals surface area contributed by atoms with Crippen LogP contribution < -0.4 is 5.32 Å². The second-order valence-electron chi connectivity index (χ2n) is 3.89. The molecule has 0 saturated carbocycles. The molecule has 0 unspecified atom stereocenters. The first-order valence-corrected chi connectivity index (χ1v) is 6.35. The minimum Gasteiger partial charge on any atom is -0.357 e. The number of hydrogen-bond donors (Lipinski definition) is 1. The normalized spacial score (nSPS) is 10.8. The molecule has 1 N–H and O–H groups in total. The Labute approximate surface area is 113 Å². The van der Waals surface area contributed by atoms with Crippen molar-refractivity contribution in [2.75, 3.05) is 12.4 Å². The largest absolute Gasteiger partial charge is 0.357 e. The molecule has 3 aromatic rings. The number of anilines is 1. The van der Waals surface area contributed by atoms with Crippen molar-refractivity contribution >= 4 is 32.9 Å². The van der Waals surface area contributed by atoms with Crippen LogP contribution in [-0.4, -0.2) is 21.6 Å². The number of halogens is 1. The van der Waals surface area contributed by atoms with E-state index in [1.54, 1.807) is 0 Å². The van der Waals surface area contributed by atoms with Crippen LogP contribution in [-0.2, 0) is 0 Å². The number of nitrogens with zero attached hydrogens (tertiary/aromatic N) is 3. The summed E-state index contributed by atoms with van der Waals surface area (Å²) in [6, 6.07) is 10.1. The third-order valence-corrected chi connectivity index (χ3v) is 3.23. The Morgan fingerprint density at radius 2 is 2.17 bits per heavy atom. The summed E-state index contributed by atoms with van der Waals surface area (Å²) in [5, 5.41) is 3.98. The Bertz CT molecular complexity index is 705. The monoisotopic (exact) mass is 302 g/mol. The third kappa shape index (κ3) is 1.86. The van der Waals surface area contributed by atoms with E-state index < -0.39 is 0 Å². The second kappa shape index (κ2) is 4.42. The molecule has 0 bridgehead atoms. The highest BCUT2D eigenvalue weighted by molar-refractivity contribution is 9.10. The van der Waals surface area contributed by atoms with E-state index in [1.165, 1.54) is 0 Å². The van der Waals surface area contributed by atoms with E-state index in [0.717, 1.165) is 21.2 Å². The third-order valence-electron chi connectivity index (χ3n) is 2.74. The summed E-state index contributed by atoms with van der Waals surface area (Å²) in [4.78, 5) is 8.69. The molecule has 2 heterocycles. The SMILES string of the molecule is CNc1ncc2ccn(-c3cccc(Br)c3)c2n1. The first-order valence-electron chi connectivity index (χ1n) is 5.56. The van der Waals surface area contributed by atoms with Crippen molar-refractivity contribution in [3.8, 4) is 5.69 Å². The standard InChI is InChI=1S/C13H11BrN4/c1-15-13-16-8-9-5-6-18(12(9)17-13)11-4-2-3-10(14)7-11/h2-8H,1H3,(H,15,16,17).